The van der Waals surface area contributed by atoms with Crippen LogP contribution in [0.3, 0.4) is 0 Å². The molecule has 1 atom stereocenters. The quantitative estimate of drug-likeness (QED) is 0.645. The highest BCUT2D eigenvalue weighted by atomic mass is 32.2. The van der Waals surface area contributed by atoms with E-state index in [2.05, 4.69) is 4.72 Å². The van der Waals surface area contributed by atoms with Crippen molar-refractivity contribution in [3.63, 3.8) is 0 Å². The second-order valence-electron chi connectivity index (χ2n) is 4.12. The highest BCUT2D eigenvalue weighted by Crippen LogP contribution is 2.12. The summed E-state index contributed by atoms with van der Waals surface area (Å²) in [5.41, 5.74) is -0.0499. The summed E-state index contributed by atoms with van der Waals surface area (Å²) >= 11 is 1.41. The van der Waals surface area contributed by atoms with Crippen LogP contribution in [0.1, 0.15) is 16.8 Å². The smallest absolute Gasteiger partial charge is 0.335 e. The highest BCUT2D eigenvalue weighted by molar-refractivity contribution is 7.98. The van der Waals surface area contributed by atoms with E-state index in [1.54, 1.807) is 6.26 Å². The van der Waals surface area contributed by atoms with Gasteiger partial charge in [0.1, 0.15) is 6.04 Å². The van der Waals surface area contributed by atoms with E-state index < -0.39 is 28.0 Å². The summed E-state index contributed by atoms with van der Waals surface area (Å²) in [6.07, 6.45) is 1.95. The molecule has 0 heterocycles. The molecule has 0 radical (unpaired) electrons. The molecule has 0 aliphatic heterocycles. The van der Waals surface area contributed by atoms with Crippen molar-refractivity contribution in [3.05, 3.63) is 29.8 Å². The van der Waals surface area contributed by atoms with Crippen molar-refractivity contribution < 1.29 is 28.2 Å². The number of sulfonamides is 1. The molecule has 0 spiro atoms. The third-order valence-electron chi connectivity index (χ3n) is 2.62. The fourth-order valence-electron chi connectivity index (χ4n) is 1.50. The van der Waals surface area contributed by atoms with Gasteiger partial charge in [-0.15, -0.1) is 0 Å². The fourth-order valence-corrected chi connectivity index (χ4v) is 3.20. The molecular formula is C12H15NO6S2. The van der Waals surface area contributed by atoms with Gasteiger partial charge in [-0.05, 0) is 42.7 Å². The van der Waals surface area contributed by atoms with Crippen LogP contribution in [0.15, 0.2) is 29.2 Å². The number of carboxylic acid groups (broad SMARTS) is 2. The maximum absolute atomic E-state index is 12.1. The van der Waals surface area contributed by atoms with Gasteiger partial charge < -0.3 is 10.2 Å². The molecule has 0 bridgehead atoms. The lowest BCUT2D eigenvalue weighted by Crippen LogP contribution is -2.41. The summed E-state index contributed by atoms with van der Waals surface area (Å²) in [5, 5.41) is 17.8. The Kier molecular flexibility index (Phi) is 6.19. The topological polar surface area (TPSA) is 121 Å². The molecule has 1 aromatic carbocycles. The fraction of sp³-hybridized carbons (Fsp3) is 0.333. The Morgan fingerprint density at radius 3 is 2.24 bits per heavy atom. The molecule has 9 heteroatoms. The number of nitrogens with one attached hydrogen (secondary N) is 1. The summed E-state index contributed by atoms with van der Waals surface area (Å²) in [5.74, 6) is -1.93. The number of thioether (sulfide) groups is 1. The largest absolute Gasteiger partial charge is 0.480 e. The first kappa shape index (κ1) is 17.5. The van der Waals surface area contributed by atoms with Crippen molar-refractivity contribution in [2.75, 3.05) is 12.0 Å². The minimum atomic E-state index is -4.01. The van der Waals surface area contributed by atoms with Crippen LogP contribution >= 0.6 is 11.8 Å². The van der Waals surface area contributed by atoms with Gasteiger partial charge in [0.05, 0.1) is 10.5 Å². The summed E-state index contributed by atoms with van der Waals surface area (Å²) in [6.45, 7) is 0. The lowest BCUT2D eigenvalue weighted by Gasteiger charge is -2.14. The predicted molar refractivity (Wildman–Crippen MR) is 78.1 cm³/mol. The second kappa shape index (κ2) is 7.43. The first-order chi connectivity index (χ1) is 9.77. The van der Waals surface area contributed by atoms with Gasteiger partial charge in [-0.2, -0.15) is 16.5 Å². The van der Waals surface area contributed by atoms with Gasteiger partial charge in [0.2, 0.25) is 10.0 Å². The number of hydrogen-bond acceptors (Lipinski definition) is 5. The lowest BCUT2D eigenvalue weighted by atomic mass is 10.2. The number of hydrogen-bond donors (Lipinski definition) is 3. The van der Waals surface area contributed by atoms with Gasteiger partial charge in [0.25, 0.3) is 0 Å². The lowest BCUT2D eigenvalue weighted by molar-refractivity contribution is -0.139. The molecule has 0 aromatic heterocycles. The Hall–Kier alpha value is -1.58. The van der Waals surface area contributed by atoms with E-state index in [-0.39, 0.29) is 16.9 Å². The molecule has 116 valence electrons. The standard InChI is InChI=1S/C12H15NO6S2/c1-20-7-6-10(12(16)17)13-21(18,19)9-4-2-8(3-5-9)11(14)15/h2-5,10,13H,6-7H2,1H3,(H,14,15)(H,16,17). The molecule has 1 rings (SSSR count). The minimum Gasteiger partial charge on any atom is -0.480 e. The molecule has 1 unspecified atom stereocenters. The Bertz CT molecular complexity index is 611. The zero-order valence-electron chi connectivity index (χ0n) is 11.1. The number of aliphatic carboxylic acids is 1. The summed E-state index contributed by atoms with van der Waals surface area (Å²) in [6, 6.07) is 3.32. The molecule has 0 fully saturated rings. The van der Waals surface area contributed by atoms with Crippen molar-refractivity contribution in [1.29, 1.82) is 0 Å². The number of carboxylic acids is 2. The second-order valence-corrected chi connectivity index (χ2v) is 6.82. The van der Waals surface area contributed by atoms with Crippen LogP contribution < -0.4 is 4.72 Å². The number of benzene rings is 1. The highest BCUT2D eigenvalue weighted by Gasteiger charge is 2.25. The Morgan fingerprint density at radius 2 is 1.81 bits per heavy atom. The van der Waals surface area contributed by atoms with E-state index in [4.69, 9.17) is 10.2 Å². The van der Waals surface area contributed by atoms with Crippen LogP contribution in [0.4, 0.5) is 0 Å². The van der Waals surface area contributed by atoms with E-state index in [0.717, 1.165) is 24.3 Å². The number of carbonyl (C=O) groups is 2. The van der Waals surface area contributed by atoms with E-state index in [1.807, 2.05) is 0 Å². The van der Waals surface area contributed by atoms with Gasteiger partial charge in [-0.1, -0.05) is 0 Å². The minimum absolute atomic E-state index is 0.0499. The van der Waals surface area contributed by atoms with Gasteiger partial charge in [0.15, 0.2) is 0 Å². The van der Waals surface area contributed by atoms with Crippen LogP contribution in [-0.2, 0) is 14.8 Å². The van der Waals surface area contributed by atoms with Gasteiger partial charge in [0, 0.05) is 0 Å². The molecular weight excluding hydrogens is 318 g/mol. The first-order valence-corrected chi connectivity index (χ1v) is 8.73. The van der Waals surface area contributed by atoms with Crippen molar-refractivity contribution >= 4 is 33.7 Å². The van der Waals surface area contributed by atoms with Crippen LogP contribution in [0.25, 0.3) is 0 Å². The number of aromatic carboxylic acids is 1. The molecule has 1 aromatic rings. The van der Waals surface area contributed by atoms with Gasteiger partial charge in [-0.3, -0.25) is 4.79 Å². The summed E-state index contributed by atoms with van der Waals surface area (Å²) in [4.78, 5) is 21.6. The third kappa shape index (κ3) is 5.03. The van der Waals surface area contributed by atoms with Crippen LogP contribution in [0.5, 0.6) is 0 Å². The maximum Gasteiger partial charge on any atom is 0.335 e. The monoisotopic (exact) mass is 333 g/mol. The normalized spacial score (nSPS) is 12.8. The number of rotatable bonds is 8. The van der Waals surface area contributed by atoms with E-state index in [1.165, 1.54) is 11.8 Å². The van der Waals surface area contributed by atoms with Gasteiger partial charge in [-0.25, -0.2) is 13.2 Å². The van der Waals surface area contributed by atoms with Crippen molar-refractivity contribution in [3.8, 4) is 0 Å². The van der Waals surface area contributed by atoms with Crippen LogP contribution in [0.2, 0.25) is 0 Å². The van der Waals surface area contributed by atoms with Crippen molar-refractivity contribution in [1.82, 2.24) is 4.72 Å². The molecule has 0 saturated carbocycles. The van der Waals surface area contributed by atoms with Gasteiger partial charge >= 0.3 is 11.9 Å². The Balaban J connectivity index is 2.93. The maximum atomic E-state index is 12.1. The molecule has 3 N–H and O–H groups in total. The average molecular weight is 333 g/mol. The zero-order chi connectivity index (χ0) is 16.0. The predicted octanol–water partition coefficient (Wildman–Crippen LogP) is 0.869. The van der Waals surface area contributed by atoms with E-state index in [0.29, 0.717) is 5.75 Å². The SMILES string of the molecule is CSCCC(NS(=O)(=O)c1ccc(C(=O)O)cc1)C(=O)O. The summed E-state index contributed by atoms with van der Waals surface area (Å²) < 4.78 is 26.2. The van der Waals surface area contributed by atoms with Crippen molar-refractivity contribution in [2.45, 2.75) is 17.4 Å². The zero-order valence-corrected chi connectivity index (χ0v) is 12.8. The van der Waals surface area contributed by atoms with Crippen LogP contribution in [0, 0.1) is 0 Å². The average Bonchev–Trinajstić information content (AvgIpc) is 2.43. The van der Waals surface area contributed by atoms with E-state index >= 15 is 0 Å². The first-order valence-electron chi connectivity index (χ1n) is 5.85. The molecule has 7 nitrogen and oxygen atoms in total. The molecule has 21 heavy (non-hydrogen) atoms. The molecule has 0 amide bonds. The molecule has 0 saturated heterocycles. The van der Waals surface area contributed by atoms with E-state index in [9.17, 15) is 18.0 Å². The third-order valence-corrected chi connectivity index (χ3v) is 4.75. The molecule has 0 aliphatic rings. The van der Waals surface area contributed by atoms with Crippen LogP contribution in [-0.4, -0.2) is 48.6 Å². The van der Waals surface area contributed by atoms with Crippen molar-refractivity contribution in [2.24, 2.45) is 0 Å². The molecule has 0 aliphatic carbocycles. The Morgan fingerprint density at radius 1 is 1.24 bits per heavy atom. The Labute approximate surface area is 126 Å². The summed E-state index contributed by atoms with van der Waals surface area (Å²) in [7, 11) is -4.01.